The Kier molecular flexibility index (Phi) is 5.64. The summed E-state index contributed by atoms with van der Waals surface area (Å²) in [6.45, 7) is 3.88. The summed E-state index contributed by atoms with van der Waals surface area (Å²) in [5, 5.41) is 5.89. The van der Waals surface area contributed by atoms with E-state index in [0.29, 0.717) is 18.7 Å². The number of rotatable bonds is 4. The summed E-state index contributed by atoms with van der Waals surface area (Å²) < 4.78 is 1.74. The summed E-state index contributed by atoms with van der Waals surface area (Å²) in [6, 6.07) is 17.7. The summed E-state index contributed by atoms with van der Waals surface area (Å²) in [6.07, 6.45) is 3.69. The maximum atomic E-state index is 13.6. The molecule has 0 atom stereocenters. The molecule has 1 amide bonds. The molecule has 1 fully saturated rings. The van der Waals surface area contributed by atoms with E-state index >= 15 is 0 Å². The van der Waals surface area contributed by atoms with Crippen LogP contribution in [-0.2, 0) is 13.6 Å². The molecule has 0 saturated carbocycles. The van der Waals surface area contributed by atoms with Gasteiger partial charge in [0.05, 0.1) is 23.0 Å². The van der Waals surface area contributed by atoms with Crippen LogP contribution in [-0.4, -0.2) is 56.7 Å². The number of carbonyl (C=O) groups is 1. The number of fused-ring (bicyclic) bond motifs is 1. The number of halogens is 1. The van der Waals surface area contributed by atoms with Crippen LogP contribution < -0.4 is 0 Å². The average molecular weight is 446 g/mol. The third-order valence-electron chi connectivity index (χ3n) is 5.90. The molecular weight excluding hydrogens is 422 g/mol. The van der Waals surface area contributed by atoms with E-state index in [1.54, 1.807) is 10.9 Å². The van der Waals surface area contributed by atoms with Crippen molar-refractivity contribution in [1.29, 1.82) is 0 Å². The van der Waals surface area contributed by atoms with Gasteiger partial charge in [0, 0.05) is 61.9 Å². The molecule has 0 N–H and O–H groups in total. The minimum absolute atomic E-state index is 0.0520. The number of nitrogens with zero attached hydrogens (tertiary/aromatic N) is 5. The first-order valence-electron chi connectivity index (χ1n) is 10.7. The number of hydrogen-bond acceptors (Lipinski definition) is 4. The Morgan fingerprint density at radius 2 is 1.84 bits per heavy atom. The van der Waals surface area contributed by atoms with E-state index in [1.165, 1.54) is 5.56 Å². The van der Waals surface area contributed by atoms with Crippen LogP contribution in [0.4, 0.5) is 0 Å². The molecule has 0 bridgehead atoms. The molecule has 6 nitrogen and oxygen atoms in total. The SMILES string of the molecule is Cn1cc(-c2cc(C(=O)N3CCN(Cc4cccc(Cl)c4)CC3)c3ccccc3n2)cn1. The molecule has 2 aromatic carbocycles. The summed E-state index contributed by atoms with van der Waals surface area (Å²) in [4.78, 5) is 22.6. The Morgan fingerprint density at radius 3 is 2.59 bits per heavy atom. The van der Waals surface area contributed by atoms with Gasteiger partial charge in [-0.25, -0.2) is 4.98 Å². The Hall–Kier alpha value is -3.22. The van der Waals surface area contributed by atoms with Gasteiger partial charge in [-0.05, 0) is 29.8 Å². The molecule has 2 aromatic heterocycles. The van der Waals surface area contributed by atoms with Gasteiger partial charge >= 0.3 is 0 Å². The maximum Gasteiger partial charge on any atom is 0.254 e. The predicted molar refractivity (Wildman–Crippen MR) is 127 cm³/mol. The van der Waals surface area contributed by atoms with Crippen molar-refractivity contribution in [3.8, 4) is 11.3 Å². The minimum atomic E-state index is 0.0520. The summed E-state index contributed by atoms with van der Waals surface area (Å²) in [7, 11) is 1.87. The van der Waals surface area contributed by atoms with E-state index in [4.69, 9.17) is 16.6 Å². The van der Waals surface area contributed by atoms with Crippen LogP contribution in [0.2, 0.25) is 5.02 Å². The highest BCUT2D eigenvalue weighted by atomic mass is 35.5. The fourth-order valence-corrected chi connectivity index (χ4v) is 4.44. The smallest absolute Gasteiger partial charge is 0.254 e. The quantitative estimate of drug-likeness (QED) is 0.471. The Bertz CT molecular complexity index is 1280. The summed E-state index contributed by atoms with van der Waals surface area (Å²) in [5.74, 6) is 0.0520. The highest BCUT2D eigenvalue weighted by molar-refractivity contribution is 6.30. The lowest BCUT2D eigenvalue weighted by atomic mass is 10.0. The topological polar surface area (TPSA) is 54.3 Å². The number of para-hydroxylation sites is 1. The normalized spacial score (nSPS) is 14.8. The second-order valence-electron chi connectivity index (χ2n) is 8.17. The number of hydrogen-bond donors (Lipinski definition) is 0. The van der Waals surface area contributed by atoms with Gasteiger partial charge in [-0.2, -0.15) is 5.10 Å². The van der Waals surface area contributed by atoms with Crippen molar-refractivity contribution in [3.63, 3.8) is 0 Å². The molecule has 4 aromatic rings. The van der Waals surface area contributed by atoms with Crippen LogP contribution in [0.15, 0.2) is 67.0 Å². The number of piperazine rings is 1. The molecule has 162 valence electrons. The Morgan fingerprint density at radius 1 is 1.03 bits per heavy atom. The molecule has 0 spiro atoms. The van der Waals surface area contributed by atoms with Crippen LogP contribution in [0.25, 0.3) is 22.2 Å². The second kappa shape index (κ2) is 8.73. The number of amides is 1. The number of pyridine rings is 1. The first kappa shape index (κ1) is 20.7. The fourth-order valence-electron chi connectivity index (χ4n) is 4.23. The highest BCUT2D eigenvalue weighted by Crippen LogP contribution is 2.26. The van der Waals surface area contributed by atoms with E-state index in [9.17, 15) is 4.79 Å². The standard InChI is InChI=1S/C25H24ClN5O/c1-29-17-19(15-27-29)24-14-22(21-7-2-3-8-23(21)28-24)25(32)31-11-9-30(10-12-31)16-18-5-4-6-20(26)13-18/h2-8,13-15,17H,9-12,16H2,1H3. The molecule has 1 aliphatic heterocycles. The van der Waals surface area contributed by atoms with Crippen molar-refractivity contribution in [2.24, 2.45) is 7.05 Å². The van der Waals surface area contributed by atoms with Crippen molar-refractivity contribution < 1.29 is 4.79 Å². The average Bonchev–Trinajstić information content (AvgIpc) is 3.25. The van der Waals surface area contributed by atoms with Gasteiger partial charge < -0.3 is 4.90 Å². The van der Waals surface area contributed by atoms with Crippen molar-refractivity contribution in [2.75, 3.05) is 26.2 Å². The Labute approximate surface area is 192 Å². The lowest BCUT2D eigenvalue weighted by molar-refractivity contribution is 0.0630. The van der Waals surface area contributed by atoms with Crippen LogP contribution >= 0.6 is 11.6 Å². The van der Waals surface area contributed by atoms with Crippen molar-refractivity contribution in [1.82, 2.24) is 24.6 Å². The lowest BCUT2D eigenvalue weighted by Gasteiger charge is -2.35. The first-order chi connectivity index (χ1) is 15.6. The molecule has 5 rings (SSSR count). The lowest BCUT2D eigenvalue weighted by Crippen LogP contribution is -2.48. The zero-order valence-corrected chi connectivity index (χ0v) is 18.7. The molecular formula is C25H24ClN5O. The molecule has 1 aliphatic rings. The number of aromatic nitrogens is 3. The van der Waals surface area contributed by atoms with Gasteiger partial charge in [-0.3, -0.25) is 14.4 Å². The van der Waals surface area contributed by atoms with Crippen molar-refractivity contribution in [2.45, 2.75) is 6.54 Å². The molecule has 32 heavy (non-hydrogen) atoms. The molecule has 0 radical (unpaired) electrons. The van der Waals surface area contributed by atoms with Crippen LogP contribution in [0, 0.1) is 0 Å². The summed E-state index contributed by atoms with van der Waals surface area (Å²) in [5.41, 5.74) is 4.37. The number of carbonyl (C=O) groups excluding carboxylic acids is 1. The van der Waals surface area contributed by atoms with Gasteiger partial charge in [0.25, 0.3) is 5.91 Å². The van der Waals surface area contributed by atoms with Crippen molar-refractivity contribution >= 4 is 28.4 Å². The van der Waals surface area contributed by atoms with Crippen molar-refractivity contribution in [3.05, 3.63) is 83.1 Å². The number of aryl methyl sites for hydroxylation is 1. The zero-order chi connectivity index (χ0) is 22.1. The van der Waals surface area contributed by atoms with E-state index in [2.05, 4.69) is 16.1 Å². The highest BCUT2D eigenvalue weighted by Gasteiger charge is 2.24. The molecule has 0 unspecified atom stereocenters. The predicted octanol–water partition coefficient (Wildman–Crippen LogP) is 4.25. The minimum Gasteiger partial charge on any atom is -0.336 e. The first-order valence-corrected chi connectivity index (χ1v) is 11.1. The maximum absolute atomic E-state index is 13.6. The monoisotopic (exact) mass is 445 g/mol. The van der Waals surface area contributed by atoms with Crippen LogP contribution in [0.3, 0.4) is 0 Å². The third-order valence-corrected chi connectivity index (χ3v) is 6.14. The molecule has 7 heteroatoms. The number of benzene rings is 2. The molecule has 1 saturated heterocycles. The van der Waals surface area contributed by atoms with Gasteiger partial charge in [0.2, 0.25) is 0 Å². The molecule has 0 aliphatic carbocycles. The Balaban J connectivity index is 1.37. The van der Waals surface area contributed by atoms with E-state index in [0.717, 1.165) is 46.8 Å². The van der Waals surface area contributed by atoms with Gasteiger partial charge in [0.15, 0.2) is 0 Å². The zero-order valence-electron chi connectivity index (χ0n) is 17.9. The van der Waals surface area contributed by atoms with Gasteiger partial charge in [0.1, 0.15) is 0 Å². The third kappa shape index (κ3) is 4.24. The second-order valence-corrected chi connectivity index (χ2v) is 8.61. The van der Waals surface area contributed by atoms with Gasteiger partial charge in [-0.1, -0.05) is 41.9 Å². The van der Waals surface area contributed by atoms with E-state index < -0.39 is 0 Å². The van der Waals surface area contributed by atoms with Gasteiger partial charge in [-0.15, -0.1) is 0 Å². The summed E-state index contributed by atoms with van der Waals surface area (Å²) >= 11 is 6.12. The largest absolute Gasteiger partial charge is 0.336 e. The van der Waals surface area contributed by atoms with E-state index in [1.807, 2.05) is 66.7 Å². The van der Waals surface area contributed by atoms with E-state index in [-0.39, 0.29) is 5.91 Å². The van der Waals surface area contributed by atoms with Crippen LogP contribution in [0.5, 0.6) is 0 Å². The van der Waals surface area contributed by atoms with Crippen LogP contribution in [0.1, 0.15) is 15.9 Å². The fraction of sp³-hybridized carbons (Fsp3) is 0.240. The molecule has 3 heterocycles.